The highest BCUT2D eigenvalue weighted by atomic mass is 19.1. The molecule has 0 atom stereocenters. The Morgan fingerprint density at radius 2 is 1.88 bits per heavy atom. The smallest absolute Gasteiger partial charge is 0.341 e. The third kappa shape index (κ3) is 3.91. The van der Waals surface area contributed by atoms with E-state index < -0.39 is 22.8 Å². The summed E-state index contributed by atoms with van der Waals surface area (Å²) in [5, 5.41) is 9.59. The standard InChI is InChI=1S/C26H25FN2O4/c1-4-17-9-8-16(12-18(17)5-2)14-29-15-20(26(31)32)24(30)19-13-21(27)23(25(33-3)22(19)29)28-10-6-7-11-28/h4-5,8-9,12-13,15H,1-2,6-7,10-11,14H2,3H3,(H,31,32). The number of methoxy groups -OCH3 is 1. The summed E-state index contributed by atoms with van der Waals surface area (Å²) in [4.78, 5) is 26.7. The van der Waals surface area contributed by atoms with Gasteiger partial charge >= 0.3 is 5.97 Å². The van der Waals surface area contributed by atoms with Gasteiger partial charge in [-0.15, -0.1) is 0 Å². The summed E-state index contributed by atoms with van der Waals surface area (Å²) >= 11 is 0. The van der Waals surface area contributed by atoms with Gasteiger partial charge in [-0.25, -0.2) is 9.18 Å². The fourth-order valence-corrected chi connectivity index (χ4v) is 4.48. The van der Waals surface area contributed by atoms with E-state index in [4.69, 9.17) is 4.74 Å². The predicted octanol–water partition coefficient (Wildman–Crippen LogP) is 4.78. The normalized spacial score (nSPS) is 13.3. The van der Waals surface area contributed by atoms with Gasteiger partial charge in [0.25, 0.3) is 0 Å². The Labute approximate surface area is 190 Å². The number of carboxylic acids is 1. The SMILES string of the molecule is C=Cc1ccc(Cn2cc(C(=O)O)c(=O)c3cc(F)c(N4CCCC4)c(OC)c32)cc1C=C. The lowest BCUT2D eigenvalue weighted by atomic mass is 10.0. The zero-order valence-corrected chi connectivity index (χ0v) is 18.4. The molecule has 4 rings (SSSR count). The van der Waals surface area contributed by atoms with E-state index in [-0.39, 0.29) is 17.7 Å². The molecule has 1 saturated heterocycles. The number of hydrogen-bond acceptors (Lipinski definition) is 4. The molecule has 2 aromatic carbocycles. The molecule has 0 amide bonds. The minimum atomic E-state index is -1.37. The fraction of sp³-hybridized carbons (Fsp3) is 0.231. The molecule has 0 spiro atoms. The van der Waals surface area contributed by atoms with Gasteiger partial charge in [0.15, 0.2) is 11.6 Å². The molecule has 1 aliphatic heterocycles. The van der Waals surface area contributed by atoms with Gasteiger partial charge in [0.1, 0.15) is 11.3 Å². The van der Waals surface area contributed by atoms with Gasteiger partial charge in [0.2, 0.25) is 5.43 Å². The Morgan fingerprint density at radius 3 is 2.48 bits per heavy atom. The molecule has 1 N–H and O–H groups in total. The number of benzene rings is 2. The van der Waals surface area contributed by atoms with Gasteiger partial charge in [-0.3, -0.25) is 4.79 Å². The summed E-state index contributed by atoms with van der Waals surface area (Å²) in [5.74, 6) is -1.74. The lowest BCUT2D eigenvalue weighted by Gasteiger charge is -2.24. The maximum atomic E-state index is 15.2. The number of rotatable bonds is 7. The summed E-state index contributed by atoms with van der Waals surface area (Å²) in [7, 11) is 1.43. The van der Waals surface area contributed by atoms with Crippen LogP contribution in [0.4, 0.5) is 10.1 Å². The van der Waals surface area contributed by atoms with Crippen molar-refractivity contribution < 1.29 is 19.0 Å². The van der Waals surface area contributed by atoms with E-state index in [9.17, 15) is 14.7 Å². The molecule has 0 unspecified atom stereocenters. The van der Waals surface area contributed by atoms with Gasteiger partial charge in [0.05, 0.1) is 18.0 Å². The number of carbonyl (C=O) groups is 1. The number of aromatic carboxylic acids is 1. The molecule has 0 bridgehead atoms. The Morgan fingerprint density at radius 1 is 1.18 bits per heavy atom. The summed E-state index contributed by atoms with van der Waals surface area (Å²) in [5.41, 5.74) is 2.14. The van der Waals surface area contributed by atoms with E-state index in [1.54, 1.807) is 16.7 Å². The molecule has 6 nitrogen and oxygen atoms in total. The second-order valence-electron chi connectivity index (χ2n) is 8.01. The monoisotopic (exact) mass is 448 g/mol. The number of aromatic nitrogens is 1. The van der Waals surface area contributed by atoms with Gasteiger partial charge in [-0.2, -0.15) is 0 Å². The first-order chi connectivity index (χ1) is 15.9. The minimum absolute atomic E-state index is 0.0288. The number of carboxylic acid groups (broad SMARTS) is 1. The van der Waals surface area contributed by atoms with E-state index in [1.807, 2.05) is 23.1 Å². The lowest BCUT2D eigenvalue weighted by molar-refractivity contribution is 0.0695. The van der Waals surface area contributed by atoms with Crippen molar-refractivity contribution in [1.29, 1.82) is 0 Å². The molecule has 7 heteroatoms. The first-order valence-electron chi connectivity index (χ1n) is 10.7. The van der Waals surface area contributed by atoms with Crippen molar-refractivity contribution in [2.45, 2.75) is 19.4 Å². The molecule has 170 valence electrons. The van der Waals surface area contributed by atoms with E-state index in [0.717, 1.165) is 35.6 Å². The van der Waals surface area contributed by atoms with Crippen LogP contribution in [0.1, 0.15) is 39.9 Å². The third-order valence-electron chi connectivity index (χ3n) is 6.04. The molecule has 1 aliphatic rings. The molecule has 0 aliphatic carbocycles. The van der Waals surface area contributed by atoms with Crippen molar-refractivity contribution in [1.82, 2.24) is 4.57 Å². The van der Waals surface area contributed by atoms with E-state index >= 15 is 4.39 Å². The van der Waals surface area contributed by atoms with E-state index in [0.29, 0.717) is 24.3 Å². The van der Waals surface area contributed by atoms with E-state index in [1.165, 1.54) is 13.3 Å². The molecule has 0 saturated carbocycles. The van der Waals surface area contributed by atoms with Crippen LogP contribution in [0.25, 0.3) is 23.1 Å². The van der Waals surface area contributed by atoms with Crippen LogP contribution in [0.5, 0.6) is 5.75 Å². The first-order valence-corrected chi connectivity index (χ1v) is 10.7. The highest BCUT2D eigenvalue weighted by Gasteiger charge is 2.27. The number of fused-ring (bicyclic) bond motifs is 1. The number of hydrogen-bond donors (Lipinski definition) is 1. The summed E-state index contributed by atoms with van der Waals surface area (Å²) in [6, 6.07) is 6.85. The van der Waals surface area contributed by atoms with Crippen molar-refractivity contribution in [3.8, 4) is 5.75 Å². The Hall–Kier alpha value is -3.87. The third-order valence-corrected chi connectivity index (χ3v) is 6.04. The average Bonchev–Trinajstić information content (AvgIpc) is 3.34. The summed E-state index contributed by atoms with van der Waals surface area (Å²) in [6.07, 6.45) is 6.62. The Kier molecular flexibility index (Phi) is 6.05. The second-order valence-corrected chi connectivity index (χ2v) is 8.01. The van der Waals surface area contributed by atoms with Crippen molar-refractivity contribution in [3.63, 3.8) is 0 Å². The maximum absolute atomic E-state index is 15.2. The van der Waals surface area contributed by atoms with Crippen molar-refractivity contribution >= 4 is 34.7 Å². The number of pyridine rings is 1. The predicted molar refractivity (Wildman–Crippen MR) is 129 cm³/mol. The molecular weight excluding hydrogens is 423 g/mol. The highest BCUT2D eigenvalue weighted by molar-refractivity contribution is 5.97. The summed E-state index contributed by atoms with van der Waals surface area (Å²) in [6.45, 7) is 9.25. The van der Waals surface area contributed by atoms with Crippen LogP contribution in [0.15, 0.2) is 48.4 Å². The van der Waals surface area contributed by atoms with Crippen LogP contribution < -0.4 is 15.1 Å². The molecule has 3 aromatic rings. The number of anilines is 1. The lowest BCUT2D eigenvalue weighted by Crippen LogP contribution is -2.23. The highest BCUT2D eigenvalue weighted by Crippen LogP contribution is 2.39. The zero-order chi connectivity index (χ0) is 23.7. The minimum Gasteiger partial charge on any atom is -0.492 e. The molecule has 33 heavy (non-hydrogen) atoms. The molecule has 2 heterocycles. The quantitative estimate of drug-likeness (QED) is 0.563. The number of ether oxygens (including phenoxy) is 1. The molecule has 1 fully saturated rings. The van der Waals surface area contributed by atoms with Crippen molar-refractivity contribution in [3.05, 3.63) is 81.9 Å². The van der Waals surface area contributed by atoms with Crippen LogP contribution in [0.3, 0.4) is 0 Å². The van der Waals surface area contributed by atoms with Crippen LogP contribution in [-0.2, 0) is 6.54 Å². The largest absolute Gasteiger partial charge is 0.492 e. The average molecular weight is 448 g/mol. The van der Waals surface area contributed by atoms with Crippen LogP contribution in [0, 0.1) is 5.82 Å². The Bertz CT molecular complexity index is 1340. The topological polar surface area (TPSA) is 71.8 Å². The Balaban J connectivity index is 2.01. The fourth-order valence-electron chi connectivity index (χ4n) is 4.48. The van der Waals surface area contributed by atoms with Crippen LogP contribution >= 0.6 is 0 Å². The maximum Gasteiger partial charge on any atom is 0.341 e. The van der Waals surface area contributed by atoms with Crippen LogP contribution in [0.2, 0.25) is 0 Å². The first kappa shape index (κ1) is 22.3. The molecule has 0 radical (unpaired) electrons. The van der Waals surface area contributed by atoms with Gasteiger partial charge in [-0.05, 0) is 41.7 Å². The van der Waals surface area contributed by atoms with Crippen LogP contribution in [-0.4, -0.2) is 35.8 Å². The van der Waals surface area contributed by atoms with Gasteiger partial charge in [0, 0.05) is 25.8 Å². The van der Waals surface area contributed by atoms with Crippen molar-refractivity contribution in [2.75, 3.05) is 25.1 Å². The summed E-state index contributed by atoms with van der Waals surface area (Å²) < 4.78 is 22.5. The second kappa shape index (κ2) is 8.94. The zero-order valence-electron chi connectivity index (χ0n) is 18.4. The van der Waals surface area contributed by atoms with Gasteiger partial charge < -0.3 is 19.3 Å². The van der Waals surface area contributed by atoms with Crippen molar-refractivity contribution in [2.24, 2.45) is 0 Å². The molecular formula is C26H25FN2O4. The number of nitrogens with zero attached hydrogens (tertiary/aromatic N) is 2. The van der Waals surface area contributed by atoms with Gasteiger partial charge in [-0.1, -0.05) is 37.4 Å². The van der Waals surface area contributed by atoms with E-state index in [2.05, 4.69) is 13.2 Å². The number of halogens is 1. The molecule has 1 aromatic heterocycles.